The van der Waals surface area contributed by atoms with Gasteiger partial charge in [0.05, 0.1) is 5.69 Å². The molecule has 1 aromatic rings. The summed E-state index contributed by atoms with van der Waals surface area (Å²) in [4.78, 5) is 10.4. The van der Waals surface area contributed by atoms with Crippen LogP contribution in [0.2, 0.25) is 0 Å². The summed E-state index contributed by atoms with van der Waals surface area (Å²) in [7, 11) is 0. The molecule has 0 aliphatic carbocycles. The Bertz CT molecular complexity index is 362. The van der Waals surface area contributed by atoms with E-state index in [1.807, 2.05) is 12.1 Å². The number of carboxylic acid groups (broad SMARTS) is 1. The van der Waals surface area contributed by atoms with E-state index in [1.165, 1.54) is 0 Å². The second kappa shape index (κ2) is 3.57. The lowest BCUT2D eigenvalue weighted by molar-refractivity contribution is 0.144. The molecule has 4 heteroatoms. The van der Waals surface area contributed by atoms with Crippen molar-refractivity contribution in [3.05, 3.63) is 23.8 Å². The van der Waals surface area contributed by atoms with E-state index in [-0.39, 0.29) is 0 Å². The van der Waals surface area contributed by atoms with Crippen molar-refractivity contribution in [3.63, 3.8) is 0 Å². The molecular weight excluding hydrogens is 182 g/mol. The number of fused-ring (bicyclic) bond motifs is 1. The molecule has 4 nitrogen and oxygen atoms in total. The van der Waals surface area contributed by atoms with Crippen molar-refractivity contribution in [1.29, 1.82) is 0 Å². The van der Waals surface area contributed by atoms with Gasteiger partial charge in [0, 0.05) is 6.54 Å². The van der Waals surface area contributed by atoms with Crippen molar-refractivity contribution in [2.24, 2.45) is 0 Å². The molecule has 0 saturated carbocycles. The summed E-state index contributed by atoms with van der Waals surface area (Å²) in [6.45, 7) is 0.868. The summed E-state index contributed by atoms with van der Waals surface area (Å²) in [5.74, 6) is 0.398. The summed E-state index contributed by atoms with van der Waals surface area (Å²) in [6, 6.07) is 5.45. The van der Waals surface area contributed by atoms with E-state index in [1.54, 1.807) is 6.07 Å². The van der Waals surface area contributed by atoms with Gasteiger partial charge in [-0.2, -0.15) is 0 Å². The highest BCUT2D eigenvalue weighted by molar-refractivity contribution is 5.70. The van der Waals surface area contributed by atoms with Crippen molar-refractivity contribution >= 4 is 11.8 Å². The third kappa shape index (κ3) is 1.64. The zero-order valence-corrected chi connectivity index (χ0v) is 7.62. The summed E-state index contributed by atoms with van der Waals surface area (Å²) in [5, 5.41) is 11.7. The van der Waals surface area contributed by atoms with Gasteiger partial charge < -0.3 is 15.2 Å². The molecule has 1 aliphatic rings. The molecule has 0 atom stereocenters. The fourth-order valence-electron chi connectivity index (χ4n) is 1.66. The number of carbonyl (C=O) groups is 1. The van der Waals surface area contributed by atoms with Gasteiger partial charge in [0.15, 0.2) is 5.75 Å². The molecule has 0 spiro atoms. The molecule has 14 heavy (non-hydrogen) atoms. The molecular formula is C10H11NO3. The number of rotatable bonds is 1. The maximum absolute atomic E-state index is 10.4. The first-order valence-corrected chi connectivity index (χ1v) is 4.54. The second-order valence-corrected chi connectivity index (χ2v) is 3.19. The molecule has 0 fully saturated rings. The molecule has 0 bridgehead atoms. The van der Waals surface area contributed by atoms with Gasteiger partial charge in [0.1, 0.15) is 0 Å². The van der Waals surface area contributed by atoms with Crippen molar-refractivity contribution in [1.82, 2.24) is 0 Å². The maximum atomic E-state index is 10.4. The van der Waals surface area contributed by atoms with Crippen LogP contribution in [0.15, 0.2) is 18.2 Å². The number of aryl methyl sites for hydroxylation is 1. The van der Waals surface area contributed by atoms with Crippen LogP contribution in [0.5, 0.6) is 5.75 Å². The normalized spacial score (nSPS) is 14.0. The Labute approximate surface area is 81.5 Å². The topological polar surface area (TPSA) is 58.6 Å². The molecule has 0 amide bonds. The first-order chi connectivity index (χ1) is 6.77. The number of hydrogen-bond donors (Lipinski definition) is 2. The summed E-state index contributed by atoms with van der Waals surface area (Å²) >= 11 is 0. The van der Waals surface area contributed by atoms with Crippen molar-refractivity contribution in [2.75, 3.05) is 11.9 Å². The monoisotopic (exact) mass is 193 g/mol. The first kappa shape index (κ1) is 8.87. The third-order valence-electron chi connectivity index (χ3n) is 2.23. The summed E-state index contributed by atoms with van der Waals surface area (Å²) < 4.78 is 4.67. The molecule has 0 radical (unpaired) electrons. The minimum absolute atomic E-state index is 0.398. The molecule has 0 unspecified atom stereocenters. The van der Waals surface area contributed by atoms with E-state index in [2.05, 4.69) is 10.1 Å². The van der Waals surface area contributed by atoms with E-state index in [4.69, 9.17) is 5.11 Å². The fourth-order valence-corrected chi connectivity index (χ4v) is 1.66. The average Bonchev–Trinajstić information content (AvgIpc) is 2.18. The Morgan fingerprint density at radius 2 is 2.36 bits per heavy atom. The first-order valence-electron chi connectivity index (χ1n) is 4.54. The van der Waals surface area contributed by atoms with Crippen LogP contribution >= 0.6 is 0 Å². The summed E-state index contributed by atoms with van der Waals surface area (Å²) in [5.41, 5.74) is 1.94. The largest absolute Gasteiger partial charge is 0.511 e. The van der Waals surface area contributed by atoms with Gasteiger partial charge in [-0.1, -0.05) is 12.1 Å². The third-order valence-corrected chi connectivity index (χ3v) is 2.23. The molecule has 74 valence electrons. The standard InChI is InChI=1S/C10H11NO3/c12-10(13)14-8-5-1-3-7-4-2-6-11-9(7)8/h1,3,5,11H,2,4,6H2,(H,12,13). The number of ether oxygens (including phenoxy) is 1. The highest BCUT2D eigenvalue weighted by Crippen LogP contribution is 2.31. The van der Waals surface area contributed by atoms with Crippen LogP contribution in [-0.2, 0) is 6.42 Å². The molecule has 0 aromatic heterocycles. The maximum Gasteiger partial charge on any atom is 0.511 e. The van der Waals surface area contributed by atoms with Crippen LogP contribution in [0.4, 0.5) is 10.5 Å². The van der Waals surface area contributed by atoms with Crippen molar-refractivity contribution in [3.8, 4) is 5.75 Å². The Balaban J connectivity index is 2.35. The number of anilines is 1. The van der Waals surface area contributed by atoms with Gasteiger partial charge >= 0.3 is 6.16 Å². The lowest BCUT2D eigenvalue weighted by atomic mass is 10.0. The second-order valence-electron chi connectivity index (χ2n) is 3.19. The van der Waals surface area contributed by atoms with Gasteiger partial charge in [-0.3, -0.25) is 0 Å². The van der Waals surface area contributed by atoms with E-state index in [9.17, 15) is 4.79 Å². The Morgan fingerprint density at radius 1 is 1.50 bits per heavy atom. The molecule has 1 aliphatic heterocycles. The minimum atomic E-state index is -1.27. The zero-order valence-electron chi connectivity index (χ0n) is 7.62. The molecule has 0 saturated heterocycles. The highest BCUT2D eigenvalue weighted by Gasteiger charge is 2.14. The Hall–Kier alpha value is -1.71. The van der Waals surface area contributed by atoms with Crippen LogP contribution in [0.1, 0.15) is 12.0 Å². The number of benzene rings is 1. The molecule has 1 heterocycles. The number of para-hydroxylation sites is 1. The van der Waals surface area contributed by atoms with Gasteiger partial charge in [-0.15, -0.1) is 0 Å². The van der Waals surface area contributed by atoms with E-state index in [0.29, 0.717) is 5.75 Å². The predicted octanol–water partition coefficient (Wildman–Crippen LogP) is 2.10. The number of nitrogens with one attached hydrogen (secondary N) is 1. The minimum Gasteiger partial charge on any atom is -0.449 e. The van der Waals surface area contributed by atoms with Crippen LogP contribution in [0.25, 0.3) is 0 Å². The van der Waals surface area contributed by atoms with Crippen LogP contribution in [0.3, 0.4) is 0 Å². The van der Waals surface area contributed by atoms with E-state index in [0.717, 1.165) is 30.6 Å². The van der Waals surface area contributed by atoms with E-state index >= 15 is 0 Å². The van der Waals surface area contributed by atoms with Crippen molar-refractivity contribution < 1.29 is 14.6 Å². The highest BCUT2D eigenvalue weighted by atomic mass is 16.7. The van der Waals surface area contributed by atoms with Crippen molar-refractivity contribution in [2.45, 2.75) is 12.8 Å². The van der Waals surface area contributed by atoms with Crippen LogP contribution in [0, 0.1) is 0 Å². The van der Waals surface area contributed by atoms with Gasteiger partial charge in [-0.25, -0.2) is 4.79 Å². The molecule has 2 rings (SSSR count). The average molecular weight is 193 g/mol. The van der Waals surface area contributed by atoms with Crippen LogP contribution in [-0.4, -0.2) is 17.8 Å². The lowest BCUT2D eigenvalue weighted by Crippen LogP contribution is -2.14. The summed E-state index contributed by atoms with van der Waals surface area (Å²) in [6.07, 6.45) is 0.772. The zero-order chi connectivity index (χ0) is 9.97. The lowest BCUT2D eigenvalue weighted by Gasteiger charge is -2.19. The Morgan fingerprint density at radius 3 is 3.14 bits per heavy atom. The smallest absolute Gasteiger partial charge is 0.449 e. The fraction of sp³-hybridized carbons (Fsp3) is 0.300. The van der Waals surface area contributed by atoms with Gasteiger partial charge in [0.2, 0.25) is 0 Å². The van der Waals surface area contributed by atoms with E-state index < -0.39 is 6.16 Å². The van der Waals surface area contributed by atoms with Gasteiger partial charge in [-0.05, 0) is 24.5 Å². The van der Waals surface area contributed by atoms with Gasteiger partial charge in [0.25, 0.3) is 0 Å². The van der Waals surface area contributed by atoms with Crippen LogP contribution < -0.4 is 10.1 Å². The number of hydrogen-bond acceptors (Lipinski definition) is 3. The molecule has 2 N–H and O–H groups in total. The quantitative estimate of drug-likeness (QED) is 0.529. The SMILES string of the molecule is O=C(O)Oc1cccc2c1NCCC2. The Kier molecular flexibility index (Phi) is 2.26. The predicted molar refractivity (Wildman–Crippen MR) is 51.9 cm³/mol. The molecule has 1 aromatic carbocycles.